The van der Waals surface area contributed by atoms with Crippen LogP contribution in [0.1, 0.15) is 47.8 Å². The maximum Gasteiger partial charge on any atom is 0.240 e. The molecule has 4 amide bonds. The van der Waals surface area contributed by atoms with Crippen molar-refractivity contribution < 1.29 is 23.9 Å². The van der Waals surface area contributed by atoms with Gasteiger partial charge >= 0.3 is 0 Å². The summed E-state index contributed by atoms with van der Waals surface area (Å²) in [5, 5.41) is 13.7. The summed E-state index contributed by atoms with van der Waals surface area (Å²) in [6, 6.07) is 9.09. The first-order chi connectivity index (χ1) is 23.4. The Morgan fingerprint density at radius 3 is 2.73 bits per heavy atom. The molecule has 0 saturated carbocycles. The molecule has 2 aliphatic rings. The van der Waals surface area contributed by atoms with E-state index in [-0.39, 0.29) is 56.2 Å². The van der Waals surface area contributed by atoms with Crippen molar-refractivity contribution in [3.05, 3.63) is 82.6 Å². The maximum atomic E-state index is 13.7. The van der Waals surface area contributed by atoms with E-state index in [9.17, 15) is 19.2 Å². The number of imidazole rings is 1. The molecule has 0 radical (unpaired) electrons. The normalized spacial score (nSPS) is 17.6. The van der Waals surface area contributed by atoms with E-state index >= 15 is 0 Å². The number of hydrogen-bond acceptors (Lipinski definition) is 9. The van der Waals surface area contributed by atoms with Crippen LogP contribution in [0.25, 0.3) is 0 Å². The van der Waals surface area contributed by atoms with E-state index in [1.165, 1.54) is 22.6 Å². The van der Waals surface area contributed by atoms with E-state index in [4.69, 9.17) is 9.72 Å². The summed E-state index contributed by atoms with van der Waals surface area (Å²) in [5.41, 5.74) is 3.38. The van der Waals surface area contributed by atoms with Crippen LogP contribution in [-0.4, -0.2) is 97.1 Å². The molecular formula is C33H39N9O5S. The summed E-state index contributed by atoms with van der Waals surface area (Å²) >= 11 is 1.51. The van der Waals surface area contributed by atoms with E-state index in [0.29, 0.717) is 57.7 Å². The number of amides is 4. The molecule has 0 spiro atoms. The lowest BCUT2D eigenvalue weighted by atomic mass is 9.94. The lowest BCUT2D eigenvalue weighted by Gasteiger charge is -2.36. The van der Waals surface area contributed by atoms with E-state index in [2.05, 4.69) is 20.7 Å². The van der Waals surface area contributed by atoms with E-state index in [1.807, 2.05) is 50.6 Å². The Morgan fingerprint density at radius 1 is 1.02 bits per heavy atom. The van der Waals surface area contributed by atoms with E-state index in [1.54, 1.807) is 17.3 Å². The number of fused-ring (bicyclic) bond motifs is 3. The summed E-state index contributed by atoms with van der Waals surface area (Å²) in [5.74, 6) is -0.0492. The Morgan fingerprint density at radius 2 is 1.90 bits per heavy atom. The molecule has 0 saturated heterocycles. The summed E-state index contributed by atoms with van der Waals surface area (Å²) in [4.78, 5) is 64.8. The van der Waals surface area contributed by atoms with E-state index in [0.717, 1.165) is 22.5 Å². The molecule has 15 heteroatoms. The number of thiophene rings is 1. The average Bonchev–Trinajstić information content (AvgIpc) is 3.87. The highest BCUT2D eigenvalue weighted by Gasteiger charge is 2.35. The van der Waals surface area contributed by atoms with Crippen LogP contribution < -0.4 is 15.4 Å². The summed E-state index contributed by atoms with van der Waals surface area (Å²) < 4.78 is 9.60. The number of hydrogen-bond donors (Lipinski definition) is 2. The lowest BCUT2D eigenvalue weighted by molar-refractivity contribution is -0.135. The van der Waals surface area contributed by atoms with Gasteiger partial charge in [-0.15, -0.1) is 0 Å². The predicted octanol–water partition coefficient (Wildman–Crippen LogP) is 1.58. The van der Waals surface area contributed by atoms with Crippen LogP contribution >= 0.6 is 11.3 Å². The van der Waals surface area contributed by atoms with Crippen LogP contribution in [0.5, 0.6) is 5.75 Å². The molecule has 252 valence electrons. The number of benzene rings is 1. The lowest BCUT2D eigenvalue weighted by Crippen LogP contribution is -2.45. The van der Waals surface area contributed by atoms with Gasteiger partial charge in [-0.3, -0.25) is 23.9 Å². The van der Waals surface area contributed by atoms with Crippen LogP contribution in [0.3, 0.4) is 0 Å². The smallest absolute Gasteiger partial charge is 0.240 e. The second-order valence-corrected chi connectivity index (χ2v) is 12.6. The highest BCUT2D eigenvalue weighted by atomic mass is 32.1. The second kappa shape index (κ2) is 15.7. The van der Waals surface area contributed by atoms with Crippen molar-refractivity contribution >= 4 is 35.0 Å². The average molecular weight is 674 g/mol. The third-order valence-electron chi connectivity index (χ3n) is 8.43. The third-order valence-corrected chi connectivity index (χ3v) is 9.16. The zero-order valence-corrected chi connectivity index (χ0v) is 27.4. The quantitative estimate of drug-likeness (QED) is 0.313. The van der Waals surface area contributed by atoms with Crippen molar-refractivity contribution in [2.24, 2.45) is 0 Å². The van der Waals surface area contributed by atoms with Crippen molar-refractivity contribution in [1.29, 1.82) is 0 Å². The van der Waals surface area contributed by atoms with Gasteiger partial charge in [0.25, 0.3) is 0 Å². The minimum Gasteiger partial charge on any atom is -0.494 e. The Balaban J connectivity index is 1.21. The summed E-state index contributed by atoms with van der Waals surface area (Å²) in [6.07, 6.45) is 7.00. The SMILES string of the molecule is O=C1CN(C(=O)Cc2ccsc2)CCNC(=O)Cn2cnc3c2CCN(C(=O)CCCn2cncn2)C3c2cccc(c2)OCCCN1. The summed E-state index contributed by atoms with van der Waals surface area (Å²) in [6.45, 7) is 2.12. The van der Waals surface area contributed by atoms with Crippen molar-refractivity contribution in [2.75, 3.05) is 39.3 Å². The first-order valence-electron chi connectivity index (χ1n) is 16.2. The minimum absolute atomic E-state index is 0.00711. The van der Waals surface area contributed by atoms with Gasteiger partial charge in [-0.25, -0.2) is 9.97 Å². The monoisotopic (exact) mass is 673 g/mol. The van der Waals surface area contributed by atoms with E-state index < -0.39 is 6.04 Å². The standard InChI is InChI=1S/C33H39N9O5S/c43-28-18-39(31(46)16-24-8-15-48-20-24)13-10-36-29(44)19-40-23-37-32-27(40)7-12-42(30(45)6-2-11-41-22-34-21-38-41)33(32)25-4-1-5-26(17-25)47-14-3-9-35-28/h1,4-5,8,15,17,20-23,33H,2-3,6-7,9-14,16,18-19H2,(H,35,43)(H,36,44). The molecule has 6 bridgehead atoms. The molecule has 1 atom stereocenters. The molecule has 1 aromatic carbocycles. The Labute approximate surface area is 282 Å². The number of nitrogens with zero attached hydrogens (tertiary/aromatic N) is 7. The van der Waals surface area contributed by atoms with Crippen molar-refractivity contribution in [3.63, 3.8) is 0 Å². The highest BCUT2D eigenvalue weighted by Crippen LogP contribution is 2.36. The molecule has 2 aliphatic heterocycles. The summed E-state index contributed by atoms with van der Waals surface area (Å²) in [7, 11) is 0. The van der Waals surface area contributed by atoms with Gasteiger partial charge in [0.05, 0.1) is 31.6 Å². The topological polar surface area (TPSA) is 157 Å². The number of aromatic nitrogens is 5. The maximum absolute atomic E-state index is 13.7. The zero-order chi connectivity index (χ0) is 33.3. The fourth-order valence-electron chi connectivity index (χ4n) is 6.06. The molecule has 6 rings (SSSR count). The molecule has 5 heterocycles. The number of nitrogens with one attached hydrogen (secondary N) is 2. The number of ether oxygens (including phenoxy) is 1. The van der Waals surface area contributed by atoms with Gasteiger partial charge in [0, 0.05) is 51.3 Å². The molecular weight excluding hydrogens is 634 g/mol. The molecule has 4 aromatic rings. The van der Waals surface area contributed by atoms with Gasteiger partial charge in [0.15, 0.2) is 0 Å². The number of carbonyl (C=O) groups excluding carboxylic acids is 4. The van der Waals surface area contributed by atoms with Gasteiger partial charge in [-0.1, -0.05) is 12.1 Å². The molecule has 3 aromatic heterocycles. The number of carbonyl (C=O) groups is 4. The largest absolute Gasteiger partial charge is 0.494 e. The van der Waals surface area contributed by atoms with Crippen molar-refractivity contribution in [2.45, 2.75) is 51.2 Å². The second-order valence-electron chi connectivity index (χ2n) is 11.8. The van der Waals surface area contributed by atoms with Crippen LogP contribution in [0, 0.1) is 0 Å². The fourth-order valence-corrected chi connectivity index (χ4v) is 6.73. The Hall–Kier alpha value is -5.05. The third kappa shape index (κ3) is 8.26. The first-order valence-corrected chi connectivity index (χ1v) is 17.1. The van der Waals surface area contributed by atoms with Crippen molar-refractivity contribution in [1.82, 2.24) is 44.7 Å². The molecule has 0 fully saturated rings. The molecule has 2 N–H and O–H groups in total. The molecule has 1 unspecified atom stereocenters. The Bertz CT molecular complexity index is 1710. The highest BCUT2D eigenvalue weighted by molar-refractivity contribution is 7.08. The van der Waals surface area contributed by atoms with Gasteiger partial charge in [0.1, 0.15) is 31.0 Å². The zero-order valence-electron chi connectivity index (χ0n) is 26.6. The Kier molecular flexibility index (Phi) is 10.7. The van der Waals surface area contributed by atoms with Gasteiger partial charge in [-0.2, -0.15) is 16.4 Å². The van der Waals surface area contributed by atoms with Gasteiger partial charge in [-0.05, 0) is 52.9 Å². The van der Waals surface area contributed by atoms with Crippen molar-refractivity contribution in [3.8, 4) is 5.75 Å². The van der Waals surface area contributed by atoms with Crippen LogP contribution in [0.4, 0.5) is 0 Å². The first kappa shape index (κ1) is 32.9. The molecule has 48 heavy (non-hydrogen) atoms. The molecule has 0 aliphatic carbocycles. The number of rotatable bonds is 6. The van der Waals surface area contributed by atoms with Crippen LogP contribution in [0.2, 0.25) is 0 Å². The van der Waals surface area contributed by atoms with Gasteiger partial charge in [0.2, 0.25) is 23.6 Å². The molecule has 14 nitrogen and oxygen atoms in total. The van der Waals surface area contributed by atoms with Crippen LogP contribution in [0.15, 0.2) is 60.1 Å². The number of aryl methyl sites for hydroxylation is 1. The van der Waals surface area contributed by atoms with Gasteiger partial charge < -0.3 is 29.7 Å². The van der Waals surface area contributed by atoms with Crippen LogP contribution in [-0.2, 0) is 45.1 Å². The predicted molar refractivity (Wildman–Crippen MR) is 176 cm³/mol. The fraction of sp³-hybridized carbons (Fsp3) is 0.424. The minimum atomic E-state index is -0.451.